The summed E-state index contributed by atoms with van der Waals surface area (Å²) in [5.74, 6) is 0.307. The fourth-order valence-corrected chi connectivity index (χ4v) is 1.88. The number of hydrogen-bond donors (Lipinski definition) is 0. The van der Waals surface area contributed by atoms with Gasteiger partial charge in [0, 0.05) is 6.54 Å². The van der Waals surface area contributed by atoms with Gasteiger partial charge >= 0.3 is 5.97 Å². The van der Waals surface area contributed by atoms with E-state index in [-0.39, 0.29) is 5.97 Å². The molecule has 4 nitrogen and oxygen atoms in total. The van der Waals surface area contributed by atoms with E-state index in [2.05, 4.69) is 46.3 Å². The van der Waals surface area contributed by atoms with Crippen molar-refractivity contribution in [3.05, 3.63) is 15.5 Å². The number of carbonyl (C=O) groups is 1. The van der Waals surface area contributed by atoms with Crippen LogP contribution in [0.4, 0.5) is 0 Å². The molecule has 0 amide bonds. The van der Waals surface area contributed by atoms with E-state index >= 15 is 0 Å². The molecule has 0 unspecified atom stereocenters. The Morgan fingerprint density at radius 1 is 1.67 bits per heavy atom. The van der Waals surface area contributed by atoms with Gasteiger partial charge in [0.15, 0.2) is 0 Å². The molecule has 0 radical (unpaired) electrons. The predicted molar refractivity (Wildman–Crippen MR) is 65.7 cm³/mol. The van der Waals surface area contributed by atoms with Crippen molar-refractivity contribution in [3.8, 4) is 0 Å². The molecule has 0 atom stereocenters. The minimum atomic E-state index is -0.324. The summed E-state index contributed by atoms with van der Waals surface area (Å²) in [4.78, 5) is 11.3. The van der Waals surface area contributed by atoms with Gasteiger partial charge in [0.25, 0.3) is 0 Å². The van der Waals surface area contributed by atoms with Crippen molar-refractivity contribution in [3.63, 3.8) is 0 Å². The van der Waals surface area contributed by atoms with E-state index < -0.39 is 0 Å². The molecule has 0 bridgehead atoms. The minimum Gasteiger partial charge on any atom is -0.465 e. The van der Waals surface area contributed by atoms with Crippen LogP contribution in [-0.4, -0.2) is 22.9 Å². The monoisotopic (exact) mass is 322 g/mol. The third-order valence-electron chi connectivity index (χ3n) is 2.10. The molecule has 0 fully saturated rings. The molecular weight excluding hydrogens is 307 g/mol. The highest BCUT2D eigenvalue weighted by Gasteiger charge is 2.15. The van der Waals surface area contributed by atoms with Crippen LogP contribution >= 0.6 is 22.6 Å². The van der Waals surface area contributed by atoms with E-state index in [1.807, 2.05) is 4.68 Å². The predicted octanol–water partition coefficient (Wildman–Crippen LogP) is 2.32. The molecule has 0 N–H and O–H groups in total. The number of rotatable bonds is 4. The number of esters is 1. The molecule has 15 heavy (non-hydrogen) atoms. The molecule has 0 aliphatic rings. The second-order valence-electron chi connectivity index (χ2n) is 3.75. The van der Waals surface area contributed by atoms with Crippen molar-refractivity contribution in [1.29, 1.82) is 0 Å². The van der Waals surface area contributed by atoms with Crippen molar-refractivity contribution in [2.24, 2.45) is 5.92 Å². The summed E-state index contributed by atoms with van der Waals surface area (Å²) in [5.41, 5.74) is 0.543. The van der Waals surface area contributed by atoms with Gasteiger partial charge < -0.3 is 4.74 Å². The van der Waals surface area contributed by atoms with Crippen molar-refractivity contribution in [2.75, 3.05) is 7.11 Å². The molecule has 0 aliphatic carbocycles. The third-order valence-corrected chi connectivity index (χ3v) is 3.24. The number of methoxy groups -OCH3 is 1. The molecule has 1 aromatic rings. The van der Waals surface area contributed by atoms with Crippen LogP contribution in [0.5, 0.6) is 0 Å². The van der Waals surface area contributed by atoms with E-state index in [4.69, 9.17) is 0 Å². The van der Waals surface area contributed by atoms with Gasteiger partial charge in [-0.2, -0.15) is 5.10 Å². The Morgan fingerprint density at radius 3 is 2.87 bits per heavy atom. The van der Waals surface area contributed by atoms with Gasteiger partial charge in [-0.3, -0.25) is 4.68 Å². The Labute approximate surface area is 103 Å². The lowest BCUT2D eigenvalue weighted by atomic mass is 10.1. The van der Waals surface area contributed by atoms with Gasteiger partial charge in [-0.15, -0.1) is 0 Å². The highest BCUT2D eigenvalue weighted by Crippen LogP contribution is 2.14. The Balaban J connectivity index is 2.75. The summed E-state index contributed by atoms with van der Waals surface area (Å²) in [6.07, 6.45) is 2.62. The molecule has 0 aliphatic heterocycles. The number of aromatic nitrogens is 2. The summed E-state index contributed by atoms with van der Waals surface area (Å²) in [5, 5.41) is 4.17. The van der Waals surface area contributed by atoms with Crippen LogP contribution in [0.3, 0.4) is 0 Å². The lowest BCUT2D eigenvalue weighted by Gasteiger charge is -2.06. The Hall–Kier alpha value is -0.590. The van der Waals surface area contributed by atoms with Crippen LogP contribution in [0.2, 0.25) is 0 Å². The van der Waals surface area contributed by atoms with Crippen LogP contribution in [0.1, 0.15) is 30.6 Å². The molecule has 0 saturated heterocycles. The molecular formula is C10H15IN2O2. The van der Waals surface area contributed by atoms with Crippen molar-refractivity contribution < 1.29 is 9.53 Å². The van der Waals surface area contributed by atoms with Crippen molar-refractivity contribution in [2.45, 2.75) is 26.8 Å². The molecule has 0 spiro atoms. The molecule has 84 valence electrons. The van der Waals surface area contributed by atoms with Gasteiger partial charge in [0.05, 0.1) is 13.3 Å². The lowest BCUT2D eigenvalue weighted by Crippen LogP contribution is -2.07. The third kappa shape index (κ3) is 3.19. The first-order valence-corrected chi connectivity index (χ1v) is 5.93. The van der Waals surface area contributed by atoms with E-state index in [1.54, 1.807) is 6.20 Å². The van der Waals surface area contributed by atoms with Crippen LogP contribution in [0.15, 0.2) is 6.20 Å². The Morgan fingerprint density at radius 2 is 2.33 bits per heavy atom. The molecule has 0 aromatic carbocycles. The second kappa shape index (κ2) is 5.48. The highest BCUT2D eigenvalue weighted by atomic mass is 127. The van der Waals surface area contributed by atoms with Crippen LogP contribution in [0, 0.1) is 9.62 Å². The molecule has 1 rings (SSSR count). The minimum absolute atomic E-state index is 0.324. The topological polar surface area (TPSA) is 44.1 Å². The zero-order chi connectivity index (χ0) is 11.4. The van der Waals surface area contributed by atoms with Crippen LogP contribution < -0.4 is 0 Å². The van der Waals surface area contributed by atoms with E-state index in [1.165, 1.54) is 7.11 Å². The summed E-state index contributed by atoms with van der Waals surface area (Å²) < 4.78 is 7.35. The number of hydrogen-bond acceptors (Lipinski definition) is 3. The maximum atomic E-state index is 11.3. The maximum absolute atomic E-state index is 11.3. The first-order chi connectivity index (χ1) is 7.06. The molecule has 1 aromatic heterocycles. The Bertz CT molecular complexity index is 347. The van der Waals surface area contributed by atoms with Gasteiger partial charge in [-0.1, -0.05) is 13.8 Å². The van der Waals surface area contributed by atoms with E-state index in [0.29, 0.717) is 11.5 Å². The van der Waals surface area contributed by atoms with Crippen LogP contribution in [-0.2, 0) is 11.3 Å². The van der Waals surface area contributed by atoms with Gasteiger partial charge in [-0.05, 0) is 34.9 Å². The van der Waals surface area contributed by atoms with Crippen molar-refractivity contribution >= 4 is 28.6 Å². The number of nitrogens with zero attached hydrogens (tertiary/aromatic N) is 2. The van der Waals surface area contributed by atoms with Gasteiger partial charge in [-0.25, -0.2) is 4.79 Å². The highest BCUT2D eigenvalue weighted by molar-refractivity contribution is 14.1. The van der Waals surface area contributed by atoms with Crippen LogP contribution in [0.25, 0.3) is 0 Å². The standard InChI is InChI=1S/C10H15IN2O2/c1-7(2)4-5-13-9(11)8(6-12-13)10(14)15-3/h6-7H,4-5H2,1-3H3. The lowest BCUT2D eigenvalue weighted by molar-refractivity contribution is 0.0599. The normalized spacial score (nSPS) is 10.7. The van der Waals surface area contributed by atoms with Gasteiger partial charge in [0.1, 0.15) is 9.26 Å². The SMILES string of the molecule is COC(=O)c1cnn(CCC(C)C)c1I. The first kappa shape index (κ1) is 12.5. The van der Waals surface area contributed by atoms with E-state index in [0.717, 1.165) is 16.7 Å². The number of ether oxygens (including phenoxy) is 1. The maximum Gasteiger partial charge on any atom is 0.342 e. The fourth-order valence-electron chi connectivity index (χ4n) is 1.15. The van der Waals surface area contributed by atoms with E-state index in [9.17, 15) is 4.79 Å². The number of carbonyl (C=O) groups excluding carboxylic acids is 1. The fraction of sp³-hybridized carbons (Fsp3) is 0.600. The zero-order valence-electron chi connectivity index (χ0n) is 9.16. The largest absolute Gasteiger partial charge is 0.465 e. The van der Waals surface area contributed by atoms with Gasteiger partial charge in [0.2, 0.25) is 0 Å². The average Bonchev–Trinajstić information content (AvgIpc) is 2.56. The summed E-state index contributed by atoms with van der Waals surface area (Å²) >= 11 is 2.12. The van der Waals surface area contributed by atoms with Crippen molar-refractivity contribution in [1.82, 2.24) is 9.78 Å². The quantitative estimate of drug-likeness (QED) is 0.631. The molecule has 1 heterocycles. The number of halogens is 1. The summed E-state index contributed by atoms with van der Waals surface area (Å²) in [7, 11) is 1.38. The average molecular weight is 322 g/mol. The Kier molecular flexibility index (Phi) is 4.56. The number of aryl methyl sites for hydroxylation is 1. The molecule has 5 heteroatoms. The summed E-state index contributed by atoms with van der Waals surface area (Å²) in [6, 6.07) is 0. The second-order valence-corrected chi connectivity index (χ2v) is 4.77. The molecule has 0 saturated carbocycles. The summed E-state index contributed by atoms with van der Waals surface area (Å²) in [6.45, 7) is 5.17. The smallest absolute Gasteiger partial charge is 0.342 e. The first-order valence-electron chi connectivity index (χ1n) is 4.86. The zero-order valence-corrected chi connectivity index (χ0v) is 11.3.